The van der Waals surface area contributed by atoms with E-state index >= 15 is 0 Å². The van der Waals surface area contributed by atoms with Crippen molar-refractivity contribution in [3.63, 3.8) is 0 Å². The Hall–Kier alpha value is -1.14. The fourth-order valence-electron chi connectivity index (χ4n) is 0.615. The fourth-order valence-corrected chi connectivity index (χ4v) is 0.615. The van der Waals surface area contributed by atoms with Gasteiger partial charge in [-0.1, -0.05) is 13.8 Å². The highest BCUT2D eigenvalue weighted by molar-refractivity contribution is 5.66. The molecule has 0 heterocycles. The topological polar surface area (TPSA) is 115 Å². The van der Waals surface area contributed by atoms with Gasteiger partial charge in [0.2, 0.25) is 0 Å². The Bertz CT molecular complexity index is 175. The maximum Gasteiger partial charge on any atom is 0.303 e. The van der Waals surface area contributed by atoms with Crippen LogP contribution >= 0.6 is 0 Å². The van der Waals surface area contributed by atoms with Crippen LogP contribution in [0.25, 0.3) is 0 Å². The van der Waals surface area contributed by atoms with Crippen LogP contribution in [0.2, 0.25) is 0 Å². The average Bonchev–Trinajstić information content (AvgIpc) is 2.18. The first-order chi connectivity index (χ1) is 8.31. The van der Waals surface area contributed by atoms with Gasteiger partial charge in [0.05, 0.1) is 6.10 Å². The molecule has 18 heavy (non-hydrogen) atoms. The van der Waals surface area contributed by atoms with Crippen molar-refractivity contribution in [3.05, 3.63) is 0 Å². The normalized spacial score (nSPS) is 10.3. The molecule has 6 heteroatoms. The van der Waals surface area contributed by atoms with Crippen LogP contribution < -0.4 is 0 Å². The summed E-state index contributed by atoms with van der Waals surface area (Å²) in [5.41, 5.74) is 0. The van der Waals surface area contributed by atoms with Gasteiger partial charge in [0, 0.05) is 19.4 Å². The minimum atomic E-state index is -0.711. The zero-order chi connectivity index (χ0) is 15.0. The van der Waals surface area contributed by atoms with E-state index in [1.807, 2.05) is 13.8 Å². The molecule has 0 aromatic heterocycles. The smallest absolute Gasteiger partial charge is 0.303 e. The van der Waals surface area contributed by atoms with Gasteiger partial charge in [0.1, 0.15) is 0 Å². The number of hydrogen-bond acceptors (Lipinski definition) is 4. The molecular weight excluding hydrogens is 240 g/mol. The number of carboxylic acids is 2. The largest absolute Gasteiger partial charge is 0.481 e. The molecule has 0 saturated heterocycles. The van der Waals surface area contributed by atoms with Crippen molar-refractivity contribution in [2.24, 2.45) is 0 Å². The lowest BCUT2D eigenvalue weighted by Crippen LogP contribution is -2.00. The molecule has 110 valence electrons. The van der Waals surface area contributed by atoms with Crippen LogP contribution in [0.3, 0.4) is 0 Å². The highest BCUT2D eigenvalue weighted by Crippen LogP contribution is 1.83. The van der Waals surface area contributed by atoms with Crippen LogP contribution in [0.15, 0.2) is 0 Å². The average molecular weight is 266 g/mol. The van der Waals surface area contributed by atoms with Gasteiger partial charge in [-0.05, 0) is 26.2 Å². The second-order valence-corrected chi connectivity index (χ2v) is 3.65. The van der Waals surface area contributed by atoms with Gasteiger partial charge in [-0.15, -0.1) is 0 Å². The summed E-state index contributed by atoms with van der Waals surface area (Å²) in [7, 11) is 0. The molecule has 6 nitrogen and oxygen atoms in total. The lowest BCUT2D eigenvalue weighted by molar-refractivity contribution is -0.138. The zero-order valence-electron chi connectivity index (χ0n) is 11.4. The van der Waals surface area contributed by atoms with E-state index in [2.05, 4.69) is 0 Å². The van der Waals surface area contributed by atoms with E-state index in [0.29, 0.717) is 19.3 Å². The van der Waals surface area contributed by atoms with Crippen LogP contribution in [0.4, 0.5) is 0 Å². The van der Waals surface area contributed by atoms with Crippen molar-refractivity contribution < 1.29 is 30.0 Å². The third-order valence-electron chi connectivity index (χ3n) is 1.47. The van der Waals surface area contributed by atoms with Crippen molar-refractivity contribution in [3.8, 4) is 0 Å². The lowest BCUT2D eigenvalue weighted by Gasteiger charge is -1.95. The van der Waals surface area contributed by atoms with Crippen molar-refractivity contribution in [1.82, 2.24) is 0 Å². The van der Waals surface area contributed by atoms with Gasteiger partial charge >= 0.3 is 11.9 Å². The van der Waals surface area contributed by atoms with Crippen molar-refractivity contribution >= 4 is 11.9 Å². The van der Waals surface area contributed by atoms with Crippen molar-refractivity contribution in [2.75, 3.05) is 6.61 Å². The van der Waals surface area contributed by atoms with Crippen molar-refractivity contribution in [1.29, 1.82) is 0 Å². The zero-order valence-corrected chi connectivity index (χ0v) is 11.4. The Kier molecular flexibility index (Phi) is 22.4. The molecule has 4 N–H and O–H groups in total. The van der Waals surface area contributed by atoms with Crippen LogP contribution in [-0.2, 0) is 9.59 Å². The maximum absolute atomic E-state index is 9.60. The molecule has 0 radical (unpaired) electrons. The molecule has 0 amide bonds. The quantitative estimate of drug-likeness (QED) is 0.579. The molecule has 0 aliphatic heterocycles. The highest BCUT2D eigenvalue weighted by Gasteiger charge is 1.88. The van der Waals surface area contributed by atoms with Gasteiger partial charge in [-0.2, -0.15) is 0 Å². The van der Waals surface area contributed by atoms with E-state index in [1.165, 1.54) is 0 Å². The van der Waals surface area contributed by atoms with Crippen LogP contribution in [0.1, 0.15) is 52.9 Å². The summed E-state index contributed by atoms with van der Waals surface area (Å²) >= 11 is 0. The summed E-state index contributed by atoms with van der Waals surface area (Å²) in [4.78, 5) is 19.2. The first-order valence-corrected chi connectivity index (χ1v) is 6.04. The predicted octanol–water partition coefficient (Wildman–Crippen LogP) is 1.49. The Labute approximate surface area is 108 Å². The monoisotopic (exact) mass is 266 g/mol. The van der Waals surface area contributed by atoms with Gasteiger partial charge in [0.15, 0.2) is 0 Å². The minimum Gasteiger partial charge on any atom is -0.481 e. The molecule has 0 bridgehead atoms. The van der Waals surface area contributed by atoms with E-state index in [9.17, 15) is 9.59 Å². The number of rotatable bonds is 6. The fraction of sp³-hybridized carbons (Fsp3) is 0.833. The van der Waals surface area contributed by atoms with Gasteiger partial charge in [-0.3, -0.25) is 9.59 Å². The van der Waals surface area contributed by atoms with Crippen molar-refractivity contribution in [2.45, 2.75) is 59.0 Å². The second kappa shape index (κ2) is 18.2. The molecule has 0 aromatic carbocycles. The molecule has 0 aromatic rings. The summed E-state index contributed by atoms with van der Waals surface area (Å²) in [5.74, 6) is -1.42. The van der Waals surface area contributed by atoms with E-state index in [-0.39, 0.29) is 12.7 Å². The summed E-state index contributed by atoms with van der Waals surface area (Å²) in [6.07, 6.45) is 2.18. The summed E-state index contributed by atoms with van der Waals surface area (Å²) < 4.78 is 0. The van der Waals surface area contributed by atoms with Gasteiger partial charge in [0.25, 0.3) is 0 Å². The molecule has 0 aliphatic carbocycles. The minimum absolute atomic E-state index is 0.0810. The number of aliphatic hydroxyl groups excluding tert-OH is 2. The number of carboxylic acid groups (broad SMARTS) is 2. The molecule has 0 spiro atoms. The molecular formula is C12H26O6. The highest BCUT2D eigenvalue weighted by atomic mass is 16.4. The molecule has 1 atom stereocenters. The number of aliphatic carboxylic acids is 2. The SMILES string of the molecule is CC(O)CCO.CCCC(=O)O.CCCC(=O)O. The first-order valence-electron chi connectivity index (χ1n) is 6.04. The van der Waals surface area contributed by atoms with Crippen LogP contribution in [-0.4, -0.2) is 45.1 Å². The summed E-state index contributed by atoms with van der Waals surface area (Å²) in [5, 5.41) is 32.3. The number of hydrogen-bond donors (Lipinski definition) is 4. The van der Waals surface area contributed by atoms with Crippen LogP contribution in [0, 0.1) is 0 Å². The first kappa shape index (κ1) is 22.1. The van der Waals surface area contributed by atoms with Gasteiger partial charge < -0.3 is 20.4 Å². The second-order valence-electron chi connectivity index (χ2n) is 3.65. The summed E-state index contributed by atoms with van der Waals surface area (Å²) in [6.45, 7) is 5.41. The third-order valence-corrected chi connectivity index (χ3v) is 1.47. The Morgan fingerprint density at radius 3 is 1.33 bits per heavy atom. The lowest BCUT2D eigenvalue weighted by atomic mass is 10.3. The Morgan fingerprint density at radius 1 is 1.00 bits per heavy atom. The molecule has 0 rings (SSSR count). The van der Waals surface area contributed by atoms with E-state index in [4.69, 9.17) is 20.4 Å². The molecule has 0 fully saturated rings. The standard InChI is InChI=1S/C4H10O2.2C4H8O2/c1-4(6)2-3-5;2*1-2-3-4(5)6/h4-6H,2-3H2,1H3;2*2-3H2,1H3,(H,5,6). The van der Waals surface area contributed by atoms with Crippen LogP contribution in [0.5, 0.6) is 0 Å². The van der Waals surface area contributed by atoms with E-state index in [0.717, 1.165) is 12.8 Å². The maximum atomic E-state index is 9.60. The predicted molar refractivity (Wildman–Crippen MR) is 68.5 cm³/mol. The number of aliphatic hydroxyl groups is 2. The Balaban J connectivity index is -0.000000187. The summed E-state index contributed by atoms with van der Waals surface area (Å²) in [6, 6.07) is 0. The van der Waals surface area contributed by atoms with E-state index in [1.54, 1.807) is 6.92 Å². The molecule has 1 unspecified atom stereocenters. The molecule has 0 aliphatic rings. The number of carbonyl (C=O) groups is 2. The van der Waals surface area contributed by atoms with E-state index < -0.39 is 11.9 Å². The molecule has 0 saturated carbocycles. The third kappa shape index (κ3) is 46.2. The Morgan fingerprint density at radius 2 is 1.33 bits per heavy atom. The van der Waals surface area contributed by atoms with Gasteiger partial charge in [-0.25, -0.2) is 0 Å².